The molecule has 0 unspecified atom stereocenters. The maximum atomic E-state index is 6.85. The van der Waals surface area contributed by atoms with Crippen molar-refractivity contribution in [1.82, 2.24) is 18.7 Å². The maximum absolute atomic E-state index is 6.85. The van der Waals surface area contributed by atoms with Crippen molar-refractivity contribution in [3.63, 3.8) is 0 Å². The predicted octanol–water partition coefficient (Wildman–Crippen LogP) is 17.2. The Morgan fingerprint density at radius 1 is 0.556 bits per heavy atom. The molecule has 5 nitrogen and oxygen atoms in total. The number of para-hydroxylation sites is 3. The van der Waals surface area contributed by atoms with Gasteiger partial charge in [0.25, 0.3) is 0 Å². The first kappa shape index (κ1) is 47.8. The molecule has 0 saturated carbocycles. The van der Waals surface area contributed by atoms with Gasteiger partial charge in [-0.15, -0.1) is 0 Å². The Hall–Kier alpha value is -6.55. The number of hydrogen-bond donors (Lipinski definition) is 0. The van der Waals surface area contributed by atoms with Crippen LogP contribution >= 0.6 is 0 Å². The zero-order valence-electron chi connectivity index (χ0n) is 43.6. The number of rotatable bonds is 7. The summed E-state index contributed by atoms with van der Waals surface area (Å²) in [5, 5.41) is 2.36. The van der Waals surface area contributed by atoms with E-state index < -0.39 is 0 Å². The number of imidazole rings is 1. The minimum absolute atomic E-state index is 0.0397. The van der Waals surface area contributed by atoms with Crippen LogP contribution in [0, 0.1) is 15.9 Å². The second kappa shape index (κ2) is 17.6. The van der Waals surface area contributed by atoms with E-state index >= 15 is 0 Å². The first-order valence-corrected chi connectivity index (χ1v) is 26.6. The van der Waals surface area contributed by atoms with E-state index in [-0.39, 0.29) is 21.7 Å². The fraction of sp³-hybridized carbons (Fsp3) is 0.273. The molecule has 11 rings (SSSR count). The van der Waals surface area contributed by atoms with E-state index in [1.165, 1.54) is 57.2 Å². The van der Waals surface area contributed by atoms with E-state index in [9.17, 15) is 0 Å². The van der Waals surface area contributed by atoms with Gasteiger partial charge in [-0.1, -0.05) is 34.6 Å². The van der Waals surface area contributed by atoms with Gasteiger partial charge in [0.1, 0.15) is 0 Å². The summed E-state index contributed by atoms with van der Waals surface area (Å²) in [6, 6.07) is 60.7. The molecule has 3 aromatic heterocycles. The number of pyridine rings is 1. The van der Waals surface area contributed by atoms with Crippen molar-refractivity contribution in [3.8, 4) is 50.9 Å². The molecule has 0 fully saturated rings. The van der Waals surface area contributed by atoms with E-state index in [1.54, 1.807) is 0 Å². The van der Waals surface area contributed by atoms with Crippen molar-refractivity contribution < 1.29 is 24.1 Å². The van der Waals surface area contributed by atoms with Crippen LogP contribution in [0.2, 0.25) is 0 Å². The summed E-state index contributed by atoms with van der Waals surface area (Å²) in [6.07, 6.45) is 5.41. The predicted molar refractivity (Wildman–Crippen MR) is 295 cm³/mol. The SMILES string of the molecule is CC(C)(C)c1cc(-c2cccc(-c3ccccc3)c2-n2[c](=[Pt])n(-c3[c-]c(Oc4[c-]c5c(cc4)c4cc6c(cc4n5-c4cc(C(C)(C)C)ccn4)C(C)(C)CCC6)ccc3)c3ccccc32)cc(C(C)(C)C)c1. The summed E-state index contributed by atoms with van der Waals surface area (Å²) in [7, 11) is 0. The van der Waals surface area contributed by atoms with Gasteiger partial charge >= 0.3 is 346 Å². The van der Waals surface area contributed by atoms with Gasteiger partial charge in [0.2, 0.25) is 0 Å². The van der Waals surface area contributed by atoms with Crippen LogP contribution in [0.15, 0.2) is 152 Å². The number of benzene rings is 7. The summed E-state index contributed by atoms with van der Waals surface area (Å²) in [4.78, 5) is 5.02. The van der Waals surface area contributed by atoms with Crippen LogP contribution in [0.1, 0.15) is 117 Å². The number of aryl methyl sites for hydroxylation is 1. The van der Waals surface area contributed by atoms with Gasteiger partial charge in [0.15, 0.2) is 0 Å². The van der Waals surface area contributed by atoms with Crippen molar-refractivity contribution in [2.24, 2.45) is 0 Å². The third kappa shape index (κ3) is 8.52. The molecule has 0 N–H and O–H groups in total. The first-order valence-electron chi connectivity index (χ1n) is 25.5. The Balaban J connectivity index is 1.07. The molecule has 0 saturated heterocycles. The third-order valence-electron chi connectivity index (χ3n) is 14.9. The van der Waals surface area contributed by atoms with Crippen molar-refractivity contribution in [2.75, 3.05) is 0 Å². The molecule has 0 radical (unpaired) electrons. The second-order valence-electron chi connectivity index (χ2n) is 23.6. The van der Waals surface area contributed by atoms with E-state index in [0.29, 0.717) is 11.5 Å². The van der Waals surface area contributed by atoms with Gasteiger partial charge < -0.3 is 0 Å². The standard InChI is InChI=1S/C66H64N4O.Pt/c1-63(2,3)46-31-33-67-61(38-46)70-59-40-51(29-30-54(59)55-36-44-22-19-32-66(10,11)56(44)41-60(55)70)71-50-24-17-23-49(39-50)68-42-69(58-28-16-15-27-57(58)68)62-52(43-20-13-12-14-21-43)25-18-26-53(62)45-34-47(64(4,5)6)37-48(35-45)65(7,8)9;/h12-18,20-21,23-31,33-38,41H,19,22,32H2,1-11H3;/q-2;. The van der Waals surface area contributed by atoms with Gasteiger partial charge in [-0.05, 0) is 52.8 Å². The van der Waals surface area contributed by atoms with Crippen LogP contribution in [0.5, 0.6) is 11.5 Å². The van der Waals surface area contributed by atoms with E-state index in [2.05, 4.69) is 261 Å². The molecule has 72 heavy (non-hydrogen) atoms. The first-order chi connectivity index (χ1) is 34.2. The number of hydrogen-bond acceptors (Lipinski definition) is 2. The number of nitrogens with zero attached hydrogens (tertiary/aromatic N) is 4. The fourth-order valence-electron chi connectivity index (χ4n) is 10.8. The molecule has 0 atom stereocenters. The van der Waals surface area contributed by atoms with Gasteiger partial charge in [-0.3, -0.25) is 0 Å². The minimum atomic E-state index is -0.0413. The molecule has 0 spiro atoms. The van der Waals surface area contributed by atoms with Crippen LogP contribution in [-0.2, 0) is 47.4 Å². The molecule has 7 aromatic carbocycles. The van der Waals surface area contributed by atoms with Gasteiger partial charge in [0.05, 0.1) is 0 Å². The molecule has 1 aliphatic rings. The summed E-state index contributed by atoms with van der Waals surface area (Å²) in [5.41, 5.74) is 17.7. The van der Waals surface area contributed by atoms with Crippen molar-refractivity contribution >= 4 is 32.8 Å². The van der Waals surface area contributed by atoms with Crippen LogP contribution in [0.3, 0.4) is 0 Å². The van der Waals surface area contributed by atoms with Crippen LogP contribution in [-0.4, -0.2) is 18.7 Å². The number of fused-ring (bicyclic) bond motifs is 5. The van der Waals surface area contributed by atoms with Crippen LogP contribution in [0.4, 0.5) is 0 Å². The summed E-state index contributed by atoms with van der Waals surface area (Å²) in [5.74, 6) is 2.11. The van der Waals surface area contributed by atoms with E-state index in [4.69, 9.17) is 9.72 Å². The van der Waals surface area contributed by atoms with E-state index in [0.717, 1.165) is 66.0 Å². The molecular weight excluding hydrogens is 1060 g/mol. The molecular formula is C66H64N4OPt-2. The van der Waals surface area contributed by atoms with Crippen LogP contribution < -0.4 is 4.74 Å². The number of aromatic nitrogens is 4. The Kier molecular flexibility index (Phi) is 11.7. The topological polar surface area (TPSA) is 36.9 Å². The monoisotopic (exact) mass is 1120 g/mol. The van der Waals surface area contributed by atoms with Crippen molar-refractivity contribution in [2.45, 2.75) is 117 Å². The Morgan fingerprint density at radius 2 is 1.19 bits per heavy atom. The second-order valence-corrected chi connectivity index (χ2v) is 24.6. The van der Waals surface area contributed by atoms with Crippen molar-refractivity contribution in [1.29, 1.82) is 0 Å². The third-order valence-corrected chi connectivity index (χ3v) is 15.9. The molecule has 3 heterocycles. The van der Waals surface area contributed by atoms with Gasteiger partial charge in [-0.2, -0.15) is 0 Å². The summed E-state index contributed by atoms with van der Waals surface area (Å²) >= 11 is 2.52. The Labute approximate surface area is 436 Å². The van der Waals surface area contributed by atoms with Crippen LogP contribution in [0.25, 0.3) is 72.3 Å². The zero-order chi connectivity index (χ0) is 50.5. The molecule has 0 amide bonds. The van der Waals surface area contributed by atoms with Gasteiger partial charge in [-0.25, -0.2) is 0 Å². The zero-order valence-corrected chi connectivity index (χ0v) is 45.8. The van der Waals surface area contributed by atoms with Gasteiger partial charge in [0, 0.05) is 6.20 Å². The Morgan fingerprint density at radius 3 is 1.89 bits per heavy atom. The normalized spacial score (nSPS) is 14.1. The molecule has 0 aliphatic heterocycles. The molecule has 1 aliphatic carbocycles. The molecule has 366 valence electrons. The van der Waals surface area contributed by atoms with E-state index in [1.807, 2.05) is 12.3 Å². The summed E-state index contributed by atoms with van der Waals surface area (Å²) in [6.45, 7) is 25.4. The average Bonchev–Trinajstić information content (AvgIpc) is 3.82. The molecule has 0 bridgehead atoms. The Bertz CT molecular complexity index is 3770. The fourth-order valence-corrected chi connectivity index (χ4v) is 11.9. The molecule has 6 heteroatoms. The van der Waals surface area contributed by atoms with Crippen molar-refractivity contribution in [3.05, 3.63) is 196 Å². The summed E-state index contributed by atoms with van der Waals surface area (Å²) < 4.78 is 14.9. The number of ether oxygens (including phenoxy) is 1. The molecule has 10 aromatic rings. The average molecular weight is 1120 g/mol. The quantitative estimate of drug-likeness (QED) is 0.149.